The number of amides is 1. The van der Waals surface area contributed by atoms with E-state index in [1.54, 1.807) is 11.3 Å². The van der Waals surface area contributed by atoms with Crippen LogP contribution in [0.4, 0.5) is 5.69 Å². The molecule has 0 saturated heterocycles. The monoisotopic (exact) mass is 418 g/mol. The third-order valence-electron chi connectivity index (χ3n) is 5.83. The minimum absolute atomic E-state index is 0.00473. The molecule has 1 aliphatic carbocycles. The largest absolute Gasteiger partial charge is 0.472 e. The molecule has 0 bridgehead atoms. The number of nitrogens with one attached hydrogen (secondary N) is 2. The highest BCUT2D eigenvalue weighted by atomic mass is 32.1. The van der Waals surface area contributed by atoms with Crippen LogP contribution in [0.15, 0.2) is 42.6 Å². The van der Waals surface area contributed by atoms with Crippen molar-refractivity contribution in [2.45, 2.75) is 38.3 Å². The summed E-state index contributed by atoms with van der Waals surface area (Å²) in [6.07, 6.45) is 4.28. The highest BCUT2D eigenvalue weighted by molar-refractivity contribution is 7.21. The number of nitrogens with zero attached hydrogens (tertiary/aromatic N) is 2. The maximum Gasteiger partial charge on any atom is 0.263 e. The SMILES string of the molecule is C[C@@H]1CNc2c(sc3ccn4nc(OCc5ccccc5)c(C5CC5)c4c23)C(=O)N1. The normalized spacial score (nSPS) is 18.7. The topological polar surface area (TPSA) is 67.7 Å². The van der Waals surface area contributed by atoms with Gasteiger partial charge in [0.1, 0.15) is 11.5 Å². The molecule has 0 radical (unpaired) electrons. The molecule has 3 aromatic heterocycles. The van der Waals surface area contributed by atoms with E-state index in [-0.39, 0.29) is 11.9 Å². The quantitative estimate of drug-likeness (QED) is 0.510. The molecular formula is C23H22N4O2S. The first-order valence-corrected chi connectivity index (χ1v) is 11.2. The summed E-state index contributed by atoms with van der Waals surface area (Å²) in [6, 6.07) is 12.3. The molecule has 1 fully saturated rings. The Kier molecular flexibility index (Phi) is 3.99. The van der Waals surface area contributed by atoms with Crippen molar-refractivity contribution < 1.29 is 9.53 Å². The molecule has 1 aliphatic heterocycles. The Morgan fingerprint density at radius 2 is 2.07 bits per heavy atom. The van der Waals surface area contributed by atoms with E-state index in [9.17, 15) is 4.79 Å². The van der Waals surface area contributed by atoms with Gasteiger partial charge in [0.15, 0.2) is 0 Å². The van der Waals surface area contributed by atoms with Gasteiger partial charge in [-0.3, -0.25) is 4.79 Å². The van der Waals surface area contributed by atoms with Crippen LogP contribution in [0, 0.1) is 0 Å². The van der Waals surface area contributed by atoms with Crippen LogP contribution in [0.1, 0.15) is 46.5 Å². The molecule has 6 nitrogen and oxygen atoms in total. The summed E-state index contributed by atoms with van der Waals surface area (Å²) in [4.78, 5) is 13.5. The van der Waals surface area contributed by atoms with Crippen molar-refractivity contribution in [2.24, 2.45) is 0 Å². The molecule has 152 valence electrons. The molecule has 1 saturated carbocycles. The Labute approximate surface area is 177 Å². The number of hydrogen-bond acceptors (Lipinski definition) is 5. The van der Waals surface area contributed by atoms with Crippen LogP contribution < -0.4 is 15.4 Å². The van der Waals surface area contributed by atoms with Gasteiger partial charge in [-0.25, -0.2) is 4.52 Å². The van der Waals surface area contributed by atoms with Crippen molar-refractivity contribution in [2.75, 3.05) is 11.9 Å². The lowest BCUT2D eigenvalue weighted by atomic mass is 10.1. The van der Waals surface area contributed by atoms with Crippen molar-refractivity contribution >= 4 is 38.5 Å². The second-order valence-corrected chi connectivity index (χ2v) is 9.23. The Morgan fingerprint density at radius 1 is 1.23 bits per heavy atom. The first-order valence-electron chi connectivity index (χ1n) is 10.4. The number of rotatable bonds is 4. The van der Waals surface area contributed by atoms with Gasteiger partial charge in [-0.2, -0.15) is 0 Å². The molecule has 7 heteroatoms. The summed E-state index contributed by atoms with van der Waals surface area (Å²) in [5.41, 5.74) is 4.30. The predicted octanol–water partition coefficient (Wildman–Crippen LogP) is 4.55. The molecule has 2 aliphatic rings. The number of hydrogen-bond donors (Lipinski definition) is 2. The van der Waals surface area contributed by atoms with Crippen molar-refractivity contribution in [3.8, 4) is 5.88 Å². The highest BCUT2D eigenvalue weighted by Gasteiger charge is 2.34. The Morgan fingerprint density at radius 3 is 2.87 bits per heavy atom. The Bertz CT molecular complexity index is 1270. The zero-order valence-corrected chi connectivity index (χ0v) is 17.5. The van der Waals surface area contributed by atoms with Crippen LogP contribution in [0.25, 0.3) is 15.6 Å². The van der Waals surface area contributed by atoms with Crippen LogP contribution in [0.5, 0.6) is 5.88 Å². The summed E-state index contributed by atoms with van der Waals surface area (Å²) < 4.78 is 9.24. The van der Waals surface area contributed by atoms with Crippen LogP contribution >= 0.6 is 11.3 Å². The van der Waals surface area contributed by atoms with Gasteiger partial charge in [-0.1, -0.05) is 30.3 Å². The van der Waals surface area contributed by atoms with Gasteiger partial charge in [0.25, 0.3) is 5.91 Å². The fourth-order valence-electron chi connectivity index (χ4n) is 4.22. The summed E-state index contributed by atoms with van der Waals surface area (Å²) >= 11 is 1.54. The lowest BCUT2D eigenvalue weighted by Gasteiger charge is -2.10. The Hall–Kier alpha value is -3.06. The number of anilines is 1. The van der Waals surface area contributed by atoms with Crippen molar-refractivity contribution in [3.05, 3.63) is 58.6 Å². The molecule has 1 amide bonds. The van der Waals surface area contributed by atoms with E-state index in [0.29, 0.717) is 24.9 Å². The lowest BCUT2D eigenvalue weighted by molar-refractivity contribution is 0.0949. The van der Waals surface area contributed by atoms with Gasteiger partial charge in [0.2, 0.25) is 5.88 Å². The maximum atomic E-state index is 12.7. The summed E-state index contributed by atoms with van der Waals surface area (Å²) in [7, 11) is 0. The van der Waals surface area contributed by atoms with E-state index in [4.69, 9.17) is 9.84 Å². The number of carbonyl (C=O) groups is 1. The van der Waals surface area contributed by atoms with Crippen molar-refractivity contribution in [3.63, 3.8) is 0 Å². The zero-order chi connectivity index (χ0) is 20.2. The van der Waals surface area contributed by atoms with Crippen molar-refractivity contribution in [1.29, 1.82) is 0 Å². The molecule has 6 rings (SSSR count). The zero-order valence-electron chi connectivity index (χ0n) is 16.6. The number of thiophene rings is 1. The number of carbonyl (C=O) groups excluding carboxylic acids is 1. The van der Waals surface area contributed by atoms with Crippen LogP contribution in [-0.2, 0) is 6.61 Å². The minimum Gasteiger partial charge on any atom is -0.472 e. The van der Waals surface area contributed by atoms with Crippen LogP contribution in [0.2, 0.25) is 0 Å². The number of benzene rings is 1. The molecule has 30 heavy (non-hydrogen) atoms. The highest BCUT2D eigenvalue weighted by Crippen LogP contribution is 2.50. The molecule has 4 aromatic rings. The first kappa shape index (κ1) is 17.8. The second kappa shape index (κ2) is 6.74. The number of fused-ring (bicyclic) bond motifs is 5. The van der Waals surface area contributed by atoms with Gasteiger partial charge in [-0.05, 0) is 37.3 Å². The summed E-state index contributed by atoms with van der Waals surface area (Å²) in [5.74, 6) is 1.17. The standard InChI is InChI=1S/C23H22N4O2S/c1-13-11-24-19-18-16(30-21(19)22(28)25-13)9-10-27-20(18)17(15-7-8-15)23(26-27)29-12-14-5-3-2-4-6-14/h2-6,9-10,13,15,24H,7-8,11-12H2,1H3,(H,25,28)/t13-/m1/s1. The van der Waals surface area contributed by atoms with Crippen LogP contribution in [0.3, 0.4) is 0 Å². The van der Waals surface area contributed by atoms with Crippen molar-refractivity contribution in [1.82, 2.24) is 14.9 Å². The second-order valence-electron chi connectivity index (χ2n) is 8.18. The van der Waals surface area contributed by atoms with Crippen LogP contribution in [-0.4, -0.2) is 28.1 Å². The molecule has 1 aromatic carbocycles. The lowest BCUT2D eigenvalue weighted by Crippen LogP contribution is -2.34. The number of aromatic nitrogens is 2. The average molecular weight is 419 g/mol. The van der Waals surface area contributed by atoms with E-state index in [0.717, 1.165) is 44.6 Å². The summed E-state index contributed by atoms with van der Waals surface area (Å²) in [6.45, 7) is 3.21. The third-order valence-corrected chi connectivity index (χ3v) is 6.98. The molecule has 0 unspecified atom stereocenters. The van der Waals surface area contributed by atoms with Gasteiger partial charge in [-0.15, -0.1) is 16.4 Å². The molecule has 2 N–H and O–H groups in total. The number of pyridine rings is 1. The first-order chi connectivity index (χ1) is 14.7. The average Bonchev–Trinajstić information content (AvgIpc) is 3.44. The minimum atomic E-state index is -0.00473. The molecule has 4 heterocycles. The van der Waals surface area contributed by atoms with E-state index >= 15 is 0 Å². The van der Waals surface area contributed by atoms with E-state index in [1.807, 2.05) is 41.9 Å². The third kappa shape index (κ3) is 2.84. The molecule has 1 atom stereocenters. The van der Waals surface area contributed by atoms with Gasteiger partial charge in [0.05, 0.1) is 11.2 Å². The summed E-state index contributed by atoms with van der Waals surface area (Å²) in [5, 5.41) is 12.5. The van der Waals surface area contributed by atoms with E-state index in [1.165, 1.54) is 5.56 Å². The Balaban J connectivity index is 1.52. The van der Waals surface area contributed by atoms with E-state index < -0.39 is 0 Å². The molecule has 0 spiro atoms. The van der Waals surface area contributed by atoms with Gasteiger partial charge in [0, 0.05) is 34.4 Å². The number of ether oxygens (including phenoxy) is 1. The fraction of sp³-hybridized carbons (Fsp3) is 0.304. The predicted molar refractivity (Wildman–Crippen MR) is 119 cm³/mol. The smallest absolute Gasteiger partial charge is 0.263 e. The fourth-order valence-corrected chi connectivity index (χ4v) is 5.30. The van der Waals surface area contributed by atoms with Gasteiger partial charge >= 0.3 is 0 Å². The van der Waals surface area contributed by atoms with Gasteiger partial charge < -0.3 is 15.4 Å². The van der Waals surface area contributed by atoms with E-state index in [2.05, 4.69) is 22.8 Å². The maximum absolute atomic E-state index is 12.7. The molecular weight excluding hydrogens is 396 g/mol.